The van der Waals surface area contributed by atoms with Gasteiger partial charge in [0.15, 0.2) is 0 Å². The van der Waals surface area contributed by atoms with Gasteiger partial charge in [-0.2, -0.15) is 0 Å². The smallest absolute Gasteiger partial charge is 0.127 e. The first-order chi connectivity index (χ1) is 8.17. The lowest BCUT2D eigenvalue weighted by atomic mass is 9.79. The molecular weight excluding hydrogens is 306 g/mol. The minimum Gasteiger partial charge on any atom is -0.381 e. The normalized spacial score (nSPS) is 24.9. The highest BCUT2D eigenvalue weighted by Crippen LogP contribution is 2.36. The Hall–Kier alpha value is -0.120. The molecule has 1 aliphatic rings. The van der Waals surface area contributed by atoms with E-state index in [4.69, 9.17) is 16.3 Å². The average Bonchev–Trinajstić information content (AvgIpc) is 2.35. The van der Waals surface area contributed by atoms with E-state index in [0.717, 1.165) is 24.8 Å². The molecule has 1 aromatic carbocycles. The van der Waals surface area contributed by atoms with Gasteiger partial charge in [0.25, 0.3) is 0 Å². The molecule has 4 heteroatoms. The van der Waals surface area contributed by atoms with Crippen molar-refractivity contribution in [1.82, 2.24) is 0 Å². The van der Waals surface area contributed by atoms with Gasteiger partial charge in [0.05, 0.1) is 6.61 Å². The number of hydrogen-bond donors (Lipinski definition) is 0. The van der Waals surface area contributed by atoms with Crippen LogP contribution in [-0.4, -0.2) is 18.5 Å². The Balaban J connectivity index is 2.23. The summed E-state index contributed by atoms with van der Waals surface area (Å²) < 4.78 is 19.3. The molecule has 17 heavy (non-hydrogen) atoms. The van der Waals surface area contributed by atoms with Crippen LogP contribution in [0.5, 0.6) is 0 Å². The summed E-state index contributed by atoms with van der Waals surface area (Å²) in [5, 5.41) is 1.32. The highest BCUT2D eigenvalue weighted by Gasteiger charge is 2.33. The topological polar surface area (TPSA) is 9.23 Å². The van der Waals surface area contributed by atoms with Crippen LogP contribution in [-0.2, 0) is 11.2 Å². The van der Waals surface area contributed by atoms with E-state index in [1.165, 1.54) is 6.07 Å². The first-order valence-electron chi connectivity index (χ1n) is 5.73. The molecule has 1 fully saturated rings. The zero-order valence-corrected chi connectivity index (χ0v) is 11.9. The Morgan fingerprint density at radius 3 is 2.88 bits per heavy atom. The molecular formula is C13H15BrClFO. The van der Waals surface area contributed by atoms with E-state index in [2.05, 4.69) is 15.9 Å². The number of benzene rings is 1. The molecule has 0 bridgehead atoms. The molecule has 0 aliphatic carbocycles. The van der Waals surface area contributed by atoms with Crippen LogP contribution in [0.15, 0.2) is 18.2 Å². The molecule has 1 atom stereocenters. The fourth-order valence-corrected chi connectivity index (χ4v) is 3.15. The summed E-state index contributed by atoms with van der Waals surface area (Å²) in [4.78, 5) is 0. The molecule has 0 spiro atoms. The van der Waals surface area contributed by atoms with E-state index in [1.807, 2.05) is 0 Å². The number of rotatable bonds is 3. The predicted molar refractivity (Wildman–Crippen MR) is 71.4 cm³/mol. The van der Waals surface area contributed by atoms with Crippen molar-refractivity contribution >= 4 is 27.5 Å². The number of ether oxygens (including phenoxy) is 1. The minimum atomic E-state index is -0.219. The van der Waals surface area contributed by atoms with Crippen molar-refractivity contribution in [3.8, 4) is 0 Å². The van der Waals surface area contributed by atoms with Gasteiger partial charge >= 0.3 is 0 Å². The van der Waals surface area contributed by atoms with Crippen LogP contribution in [0.25, 0.3) is 0 Å². The minimum absolute atomic E-state index is 0.0237. The Morgan fingerprint density at radius 1 is 1.47 bits per heavy atom. The first-order valence-corrected chi connectivity index (χ1v) is 7.23. The van der Waals surface area contributed by atoms with Crippen molar-refractivity contribution in [2.45, 2.75) is 19.3 Å². The van der Waals surface area contributed by atoms with E-state index in [-0.39, 0.29) is 11.2 Å². The zero-order chi connectivity index (χ0) is 12.3. The predicted octanol–water partition coefficient (Wildman–Crippen LogP) is 4.21. The fourth-order valence-electron chi connectivity index (χ4n) is 2.28. The van der Waals surface area contributed by atoms with Crippen molar-refractivity contribution < 1.29 is 9.13 Å². The Kier molecular flexibility index (Phi) is 4.45. The highest BCUT2D eigenvalue weighted by molar-refractivity contribution is 9.09. The van der Waals surface area contributed by atoms with Gasteiger partial charge in [-0.05, 0) is 31.4 Å². The van der Waals surface area contributed by atoms with Crippen LogP contribution in [0.3, 0.4) is 0 Å². The highest BCUT2D eigenvalue weighted by atomic mass is 79.9. The van der Waals surface area contributed by atoms with E-state index in [1.54, 1.807) is 12.1 Å². The maximum absolute atomic E-state index is 13.8. The molecule has 1 aliphatic heterocycles. The summed E-state index contributed by atoms with van der Waals surface area (Å²) in [6, 6.07) is 4.84. The van der Waals surface area contributed by atoms with Gasteiger partial charge in [0.2, 0.25) is 0 Å². The second-order valence-corrected chi connectivity index (χ2v) is 5.63. The largest absolute Gasteiger partial charge is 0.381 e. The third-order valence-corrected chi connectivity index (χ3v) is 4.84. The quantitative estimate of drug-likeness (QED) is 0.758. The molecule has 1 unspecified atom stereocenters. The van der Waals surface area contributed by atoms with Gasteiger partial charge in [0.1, 0.15) is 5.82 Å². The van der Waals surface area contributed by atoms with Crippen LogP contribution in [0.4, 0.5) is 4.39 Å². The van der Waals surface area contributed by atoms with Gasteiger partial charge < -0.3 is 4.74 Å². The standard InChI is InChI=1S/C13H15BrClFO/c14-8-13(5-2-6-17-9-13)7-10-11(15)3-1-4-12(10)16/h1,3-4H,2,5-9H2. The number of halogens is 3. The molecule has 0 N–H and O–H groups in total. The molecule has 0 amide bonds. The van der Waals surface area contributed by atoms with E-state index in [9.17, 15) is 4.39 Å². The van der Waals surface area contributed by atoms with Crippen LogP contribution >= 0.6 is 27.5 Å². The van der Waals surface area contributed by atoms with Crippen molar-refractivity contribution in [1.29, 1.82) is 0 Å². The second kappa shape index (κ2) is 5.68. The van der Waals surface area contributed by atoms with Crippen molar-refractivity contribution in [3.05, 3.63) is 34.6 Å². The average molecular weight is 322 g/mol. The molecule has 1 nitrogen and oxygen atoms in total. The molecule has 0 radical (unpaired) electrons. The number of alkyl halides is 1. The Bertz CT molecular complexity index is 371. The van der Waals surface area contributed by atoms with Crippen LogP contribution in [0.1, 0.15) is 18.4 Å². The maximum atomic E-state index is 13.8. The third kappa shape index (κ3) is 3.01. The SMILES string of the molecule is Fc1cccc(Cl)c1CC1(CBr)CCCOC1. The van der Waals surface area contributed by atoms with E-state index in [0.29, 0.717) is 23.6 Å². The summed E-state index contributed by atoms with van der Waals surface area (Å²) in [6.07, 6.45) is 2.70. The molecule has 2 rings (SSSR count). The van der Waals surface area contributed by atoms with Gasteiger partial charge in [-0.15, -0.1) is 0 Å². The van der Waals surface area contributed by atoms with E-state index < -0.39 is 0 Å². The summed E-state index contributed by atoms with van der Waals surface area (Å²) >= 11 is 9.60. The lowest BCUT2D eigenvalue weighted by Crippen LogP contribution is -2.35. The summed E-state index contributed by atoms with van der Waals surface area (Å²) in [5.74, 6) is -0.219. The van der Waals surface area contributed by atoms with Gasteiger partial charge in [-0.3, -0.25) is 0 Å². The number of hydrogen-bond acceptors (Lipinski definition) is 1. The molecule has 1 heterocycles. The molecule has 94 valence electrons. The Morgan fingerprint density at radius 2 is 2.29 bits per heavy atom. The third-order valence-electron chi connectivity index (χ3n) is 3.30. The molecule has 1 saturated heterocycles. The second-order valence-electron chi connectivity index (χ2n) is 4.67. The van der Waals surface area contributed by atoms with Gasteiger partial charge in [-0.25, -0.2) is 4.39 Å². The summed E-state index contributed by atoms with van der Waals surface area (Å²) in [7, 11) is 0. The van der Waals surface area contributed by atoms with Gasteiger partial charge in [-0.1, -0.05) is 33.6 Å². The zero-order valence-electron chi connectivity index (χ0n) is 9.52. The summed E-state index contributed by atoms with van der Waals surface area (Å²) in [6.45, 7) is 1.47. The lowest BCUT2D eigenvalue weighted by molar-refractivity contribution is 0.00579. The maximum Gasteiger partial charge on any atom is 0.127 e. The molecule has 1 aromatic rings. The molecule has 0 aromatic heterocycles. The van der Waals surface area contributed by atoms with Crippen molar-refractivity contribution in [2.75, 3.05) is 18.5 Å². The lowest BCUT2D eigenvalue weighted by Gasteiger charge is -2.36. The van der Waals surface area contributed by atoms with Crippen molar-refractivity contribution in [3.63, 3.8) is 0 Å². The summed E-state index contributed by atoms with van der Waals surface area (Å²) in [5.41, 5.74) is 0.587. The molecule has 0 saturated carbocycles. The van der Waals surface area contributed by atoms with Crippen molar-refractivity contribution in [2.24, 2.45) is 5.41 Å². The van der Waals surface area contributed by atoms with Crippen LogP contribution < -0.4 is 0 Å². The van der Waals surface area contributed by atoms with E-state index >= 15 is 0 Å². The van der Waals surface area contributed by atoms with Crippen LogP contribution in [0, 0.1) is 11.2 Å². The first kappa shape index (κ1) is 13.3. The fraction of sp³-hybridized carbons (Fsp3) is 0.538. The van der Waals surface area contributed by atoms with Gasteiger partial charge in [0, 0.05) is 27.9 Å². The Labute approximate surface area is 114 Å². The van der Waals surface area contributed by atoms with Crippen LogP contribution in [0.2, 0.25) is 5.02 Å². The monoisotopic (exact) mass is 320 g/mol.